The van der Waals surface area contributed by atoms with Gasteiger partial charge < -0.3 is 29.3 Å². The SMILES string of the molecule is COCCCOc1cc(C(=O)N(C(C)C)[C@@H]2CC[C@H](CC(=O)N(C(C)C)C3CCCCC3)NC2)ccc1OC.Cl. The monoisotopic (exact) mass is 581 g/mol. The second kappa shape index (κ2) is 17.0. The van der Waals surface area contributed by atoms with Gasteiger partial charge in [0.2, 0.25) is 5.91 Å². The highest BCUT2D eigenvalue weighted by molar-refractivity contribution is 5.95. The van der Waals surface area contributed by atoms with Crippen molar-refractivity contribution in [1.29, 1.82) is 0 Å². The molecule has 9 heteroatoms. The molecule has 8 nitrogen and oxygen atoms in total. The van der Waals surface area contributed by atoms with Crippen LogP contribution in [0.25, 0.3) is 0 Å². The number of carbonyl (C=O) groups is 2. The summed E-state index contributed by atoms with van der Waals surface area (Å²) in [6.07, 6.45) is 9.01. The number of hydrogen-bond acceptors (Lipinski definition) is 6. The summed E-state index contributed by atoms with van der Waals surface area (Å²) < 4.78 is 16.5. The van der Waals surface area contributed by atoms with E-state index in [9.17, 15) is 9.59 Å². The molecule has 1 N–H and O–H groups in total. The van der Waals surface area contributed by atoms with Crippen LogP contribution in [0, 0.1) is 0 Å². The Morgan fingerprint density at radius 2 is 1.60 bits per heavy atom. The molecule has 0 aromatic heterocycles. The maximum absolute atomic E-state index is 13.7. The van der Waals surface area contributed by atoms with Gasteiger partial charge >= 0.3 is 0 Å². The highest BCUT2D eigenvalue weighted by atomic mass is 35.5. The first-order chi connectivity index (χ1) is 18.8. The summed E-state index contributed by atoms with van der Waals surface area (Å²) >= 11 is 0. The third-order valence-electron chi connectivity index (χ3n) is 8.07. The molecular weight excluding hydrogens is 530 g/mol. The van der Waals surface area contributed by atoms with E-state index in [2.05, 4.69) is 37.9 Å². The van der Waals surface area contributed by atoms with Crippen LogP contribution in [0.1, 0.15) is 95.8 Å². The summed E-state index contributed by atoms with van der Waals surface area (Å²) in [5, 5.41) is 3.61. The molecule has 3 rings (SSSR count). The van der Waals surface area contributed by atoms with Gasteiger partial charge in [0.05, 0.1) is 13.7 Å². The summed E-state index contributed by atoms with van der Waals surface area (Å²) in [5.41, 5.74) is 0.587. The molecule has 1 saturated carbocycles. The number of piperidine rings is 1. The van der Waals surface area contributed by atoms with Crippen molar-refractivity contribution < 1.29 is 23.8 Å². The van der Waals surface area contributed by atoms with Crippen LogP contribution in [0.4, 0.5) is 0 Å². The molecule has 0 radical (unpaired) electrons. The van der Waals surface area contributed by atoms with E-state index in [1.165, 1.54) is 19.3 Å². The normalized spacial score (nSPS) is 19.7. The quantitative estimate of drug-likeness (QED) is 0.311. The summed E-state index contributed by atoms with van der Waals surface area (Å²) in [4.78, 5) is 31.2. The first-order valence-electron chi connectivity index (χ1n) is 14.9. The molecular formula is C31H52ClN3O5. The molecule has 40 heavy (non-hydrogen) atoms. The predicted octanol–water partition coefficient (Wildman–Crippen LogP) is 5.46. The van der Waals surface area contributed by atoms with Crippen LogP contribution >= 0.6 is 12.4 Å². The molecule has 1 aromatic rings. The molecule has 0 unspecified atom stereocenters. The molecule has 2 atom stereocenters. The Labute approximate surface area is 247 Å². The lowest BCUT2D eigenvalue weighted by Crippen LogP contribution is -2.55. The van der Waals surface area contributed by atoms with E-state index in [0.717, 1.165) is 32.1 Å². The smallest absolute Gasteiger partial charge is 0.254 e. The van der Waals surface area contributed by atoms with Crippen LogP contribution in [0.5, 0.6) is 11.5 Å². The minimum atomic E-state index is -0.0148. The van der Waals surface area contributed by atoms with Crippen molar-refractivity contribution in [3.8, 4) is 11.5 Å². The van der Waals surface area contributed by atoms with Crippen molar-refractivity contribution in [2.45, 2.75) is 116 Å². The molecule has 228 valence electrons. The third kappa shape index (κ3) is 9.25. The van der Waals surface area contributed by atoms with Crippen molar-refractivity contribution in [2.75, 3.05) is 34.0 Å². The number of hydrogen-bond donors (Lipinski definition) is 1. The number of methoxy groups -OCH3 is 2. The van der Waals surface area contributed by atoms with E-state index >= 15 is 0 Å². The van der Waals surface area contributed by atoms with Crippen LogP contribution in [0.2, 0.25) is 0 Å². The lowest BCUT2D eigenvalue weighted by atomic mass is 9.91. The summed E-state index contributed by atoms with van der Waals surface area (Å²) in [7, 11) is 3.27. The Morgan fingerprint density at radius 1 is 0.900 bits per heavy atom. The molecule has 1 aliphatic carbocycles. The highest BCUT2D eigenvalue weighted by Crippen LogP contribution is 2.30. The average molecular weight is 582 g/mol. The van der Waals surface area contributed by atoms with Crippen molar-refractivity contribution in [2.24, 2.45) is 0 Å². The number of nitrogens with zero attached hydrogens (tertiary/aromatic N) is 2. The Kier molecular flexibility index (Phi) is 14.6. The number of carbonyl (C=O) groups excluding carboxylic acids is 2. The first kappa shape index (κ1) is 34.2. The van der Waals surface area contributed by atoms with Gasteiger partial charge in [-0.15, -0.1) is 12.4 Å². The molecule has 1 aromatic carbocycles. The lowest BCUT2D eigenvalue weighted by molar-refractivity contribution is -0.137. The molecule has 2 fully saturated rings. The zero-order valence-electron chi connectivity index (χ0n) is 25.4. The Hall–Kier alpha value is -2.03. The van der Waals surface area contributed by atoms with Gasteiger partial charge in [-0.25, -0.2) is 0 Å². The van der Waals surface area contributed by atoms with E-state index in [1.54, 1.807) is 26.4 Å². The van der Waals surface area contributed by atoms with Gasteiger partial charge in [0.25, 0.3) is 5.91 Å². The number of ether oxygens (including phenoxy) is 3. The van der Waals surface area contributed by atoms with E-state index < -0.39 is 0 Å². The maximum Gasteiger partial charge on any atom is 0.254 e. The number of benzene rings is 1. The largest absolute Gasteiger partial charge is 0.493 e. The second-order valence-corrected chi connectivity index (χ2v) is 11.6. The Balaban J connectivity index is 0.00000560. The van der Waals surface area contributed by atoms with Gasteiger partial charge in [-0.2, -0.15) is 0 Å². The molecule has 0 spiro atoms. The van der Waals surface area contributed by atoms with Crippen LogP contribution in [0.15, 0.2) is 18.2 Å². The van der Waals surface area contributed by atoms with Gasteiger partial charge in [-0.1, -0.05) is 19.3 Å². The molecule has 0 bridgehead atoms. The van der Waals surface area contributed by atoms with Gasteiger partial charge in [-0.05, 0) is 71.6 Å². The lowest BCUT2D eigenvalue weighted by Gasteiger charge is -2.41. The number of rotatable bonds is 13. The van der Waals surface area contributed by atoms with Crippen molar-refractivity contribution in [1.82, 2.24) is 15.1 Å². The molecule has 2 amide bonds. The second-order valence-electron chi connectivity index (χ2n) is 11.6. The van der Waals surface area contributed by atoms with Crippen LogP contribution in [-0.2, 0) is 9.53 Å². The molecule has 1 saturated heterocycles. The van der Waals surface area contributed by atoms with Gasteiger partial charge in [0.15, 0.2) is 11.5 Å². The fraction of sp³-hybridized carbons (Fsp3) is 0.742. The fourth-order valence-corrected chi connectivity index (χ4v) is 6.18. The van der Waals surface area contributed by atoms with Crippen LogP contribution < -0.4 is 14.8 Å². The van der Waals surface area contributed by atoms with E-state index in [4.69, 9.17) is 14.2 Å². The summed E-state index contributed by atoms with van der Waals surface area (Å²) in [6.45, 7) is 10.2. The summed E-state index contributed by atoms with van der Waals surface area (Å²) in [5.74, 6) is 1.42. The molecule has 1 aliphatic heterocycles. The maximum atomic E-state index is 13.7. The number of nitrogens with one attached hydrogen (secondary N) is 1. The van der Waals surface area contributed by atoms with E-state index in [1.807, 2.05) is 11.0 Å². The Morgan fingerprint density at radius 3 is 2.17 bits per heavy atom. The fourth-order valence-electron chi connectivity index (χ4n) is 6.18. The molecule has 2 aliphatic rings. The highest BCUT2D eigenvalue weighted by Gasteiger charge is 2.34. The van der Waals surface area contributed by atoms with Crippen LogP contribution in [-0.4, -0.2) is 85.8 Å². The summed E-state index contributed by atoms with van der Waals surface area (Å²) in [6, 6.07) is 6.25. The minimum absolute atomic E-state index is 0. The topological polar surface area (TPSA) is 80.3 Å². The average Bonchev–Trinajstić information content (AvgIpc) is 2.92. The minimum Gasteiger partial charge on any atom is -0.493 e. The first-order valence-corrected chi connectivity index (χ1v) is 14.9. The Bertz CT molecular complexity index is 914. The van der Waals surface area contributed by atoms with Gasteiger partial charge in [0, 0.05) is 68.9 Å². The number of amides is 2. The standard InChI is InChI=1S/C31H51N3O5.ClH/c1-22(2)33(26-11-8-7-9-12-26)30(35)20-25-14-15-27(21-32-25)34(23(3)4)31(36)24-13-16-28(38-6)29(19-24)39-18-10-17-37-5;/h13,16,19,22-23,25-27,32H,7-12,14-15,17-18,20-21H2,1-6H3;1H/t25-,27-;/m1./s1. The van der Waals surface area contributed by atoms with E-state index in [0.29, 0.717) is 49.3 Å². The van der Waals surface area contributed by atoms with Crippen molar-refractivity contribution in [3.63, 3.8) is 0 Å². The van der Waals surface area contributed by atoms with Crippen LogP contribution in [0.3, 0.4) is 0 Å². The molecule has 1 heterocycles. The van der Waals surface area contributed by atoms with Crippen molar-refractivity contribution in [3.05, 3.63) is 23.8 Å². The van der Waals surface area contributed by atoms with Crippen molar-refractivity contribution >= 4 is 24.2 Å². The predicted molar refractivity (Wildman–Crippen MR) is 162 cm³/mol. The van der Waals surface area contributed by atoms with Gasteiger partial charge in [0.1, 0.15) is 0 Å². The number of halogens is 1. The third-order valence-corrected chi connectivity index (χ3v) is 8.07. The van der Waals surface area contributed by atoms with E-state index in [-0.39, 0.29) is 48.4 Å². The zero-order chi connectivity index (χ0) is 28.4. The van der Waals surface area contributed by atoms with Gasteiger partial charge in [-0.3, -0.25) is 9.59 Å². The zero-order valence-corrected chi connectivity index (χ0v) is 26.3.